The first kappa shape index (κ1) is 9.95. The molecule has 0 aromatic heterocycles. The molecule has 2 aliphatic heterocycles. The molecule has 2 unspecified atom stereocenters. The summed E-state index contributed by atoms with van der Waals surface area (Å²) < 4.78 is 4.75. The fourth-order valence-electron chi connectivity index (χ4n) is 1.90. The number of aliphatic imine (C=N–C) groups is 1. The Kier molecular flexibility index (Phi) is 2.57. The molecule has 6 heteroatoms. The molecule has 2 N–H and O–H groups in total. The van der Waals surface area contributed by atoms with Crippen molar-refractivity contribution in [3.8, 4) is 0 Å². The largest absolute Gasteiger partial charge is 0.471 e. The number of hydrogen-bond acceptors (Lipinski definition) is 4. The SMILES string of the molecule is NC(=O)C1CCCN1C(=O)C1CO[C]=N1. The molecule has 0 saturated carbocycles. The molecule has 81 valence electrons. The molecule has 1 radical (unpaired) electrons. The fraction of sp³-hybridized carbons (Fsp3) is 0.667. The summed E-state index contributed by atoms with van der Waals surface area (Å²) in [5.41, 5.74) is 5.21. The third-order valence-electron chi connectivity index (χ3n) is 2.66. The second-order valence-electron chi connectivity index (χ2n) is 3.64. The van der Waals surface area contributed by atoms with Gasteiger partial charge in [0, 0.05) is 6.54 Å². The minimum absolute atomic E-state index is 0.193. The maximum Gasteiger partial charge on any atom is 0.274 e. The van der Waals surface area contributed by atoms with E-state index in [0.717, 1.165) is 6.42 Å². The van der Waals surface area contributed by atoms with Crippen LogP contribution in [0.2, 0.25) is 0 Å². The standard InChI is InChI=1S/C9H12N3O3/c10-8(13)7-2-1-3-12(7)9(14)6-4-15-5-11-6/h6-7H,1-4H2,(H2,10,13). The highest BCUT2D eigenvalue weighted by Crippen LogP contribution is 2.19. The van der Waals surface area contributed by atoms with Crippen LogP contribution in [0.1, 0.15) is 12.8 Å². The van der Waals surface area contributed by atoms with Crippen molar-refractivity contribution in [2.24, 2.45) is 10.7 Å². The summed E-state index contributed by atoms with van der Waals surface area (Å²) in [5.74, 6) is -0.644. The first-order valence-corrected chi connectivity index (χ1v) is 4.86. The van der Waals surface area contributed by atoms with Crippen molar-refractivity contribution in [2.75, 3.05) is 13.2 Å². The molecule has 1 fully saturated rings. The molecule has 0 aromatic carbocycles. The Labute approximate surface area is 87.1 Å². The monoisotopic (exact) mass is 210 g/mol. The number of ether oxygens (including phenoxy) is 1. The van der Waals surface area contributed by atoms with Gasteiger partial charge in [0.25, 0.3) is 12.3 Å². The van der Waals surface area contributed by atoms with E-state index < -0.39 is 18.0 Å². The van der Waals surface area contributed by atoms with Crippen molar-refractivity contribution < 1.29 is 14.3 Å². The fourth-order valence-corrected chi connectivity index (χ4v) is 1.90. The Hall–Kier alpha value is -1.59. The Balaban J connectivity index is 2.05. The molecule has 15 heavy (non-hydrogen) atoms. The Morgan fingerprint density at radius 2 is 2.33 bits per heavy atom. The number of nitrogens with zero attached hydrogens (tertiary/aromatic N) is 2. The van der Waals surface area contributed by atoms with Crippen molar-refractivity contribution in [3.05, 3.63) is 0 Å². The van der Waals surface area contributed by atoms with Crippen molar-refractivity contribution in [1.29, 1.82) is 0 Å². The third-order valence-corrected chi connectivity index (χ3v) is 2.66. The van der Waals surface area contributed by atoms with Crippen LogP contribution in [0.5, 0.6) is 0 Å². The van der Waals surface area contributed by atoms with Gasteiger partial charge in [-0.3, -0.25) is 9.59 Å². The van der Waals surface area contributed by atoms with Crippen LogP contribution >= 0.6 is 0 Å². The molecule has 2 rings (SSSR count). The van der Waals surface area contributed by atoms with Crippen LogP contribution in [-0.4, -0.2) is 48.4 Å². The van der Waals surface area contributed by atoms with E-state index in [-0.39, 0.29) is 12.5 Å². The van der Waals surface area contributed by atoms with Crippen molar-refractivity contribution in [2.45, 2.75) is 24.9 Å². The van der Waals surface area contributed by atoms with Gasteiger partial charge in [0.1, 0.15) is 12.6 Å². The van der Waals surface area contributed by atoms with E-state index in [1.165, 1.54) is 4.90 Å². The highest BCUT2D eigenvalue weighted by Gasteiger charge is 2.37. The van der Waals surface area contributed by atoms with Crippen molar-refractivity contribution in [3.63, 3.8) is 0 Å². The van der Waals surface area contributed by atoms with E-state index >= 15 is 0 Å². The zero-order chi connectivity index (χ0) is 10.8. The molecule has 1 saturated heterocycles. The average molecular weight is 210 g/mol. The van der Waals surface area contributed by atoms with Gasteiger partial charge in [-0.15, -0.1) is 0 Å². The molecule has 0 aromatic rings. The predicted octanol–water partition coefficient (Wildman–Crippen LogP) is -1.23. The van der Waals surface area contributed by atoms with Gasteiger partial charge in [0.05, 0.1) is 0 Å². The van der Waals surface area contributed by atoms with Crippen LogP contribution < -0.4 is 5.73 Å². The van der Waals surface area contributed by atoms with Crippen molar-refractivity contribution in [1.82, 2.24) is 4.90 Å². The Morgan fingerprint density at radius 1 is 1.53 bits per heavy atom. The number of nitrogens with two attached hydrogens (primary N) is 1. The second kappa shape index (κ2) is 3.88. The van der Waals surface area contributed by atoms with Gasteiger partial charge < -0.3 is 15.4 Å². The molecule has 0 bridgehead atoms. The number of primary amides is 1. The van der Waals surface area contributed by atoms with Crippen LogP contribution in [0.3, 0.4) is 0 Å². The van der Waals surface area contributed by atoms with E-state index in [4.69, 9.17) is 10.5 Å². The molecule has 0 spiro atoms. The van der Waals surface area contributed by atoms with Crippen LogP contribution in [0, 0.1) is 0 Å². The number of carbonyl (C=O) groups is 2. The summed E-state index contributed by atoms with van der Waals surface area (Å²) in [5, 5.41) is 0. The molecule has 6 nitrogen and oxygen atoms in total. The number of amides is 2. The predicted molar refractivity (Wildman–Crippen MR) is 51.1 cm³/mol. The van der Waals surface area contributed by atoms with E-state index in [2.05, 4.69) is 11.4 Å². The molecule has 0 aliphatic carbocycles. The van der Waals surface area contributed by atoms with E-state index in [1.54, 1.807) is 0 Å². The molecule has 2 heterocycles. The topological polar surface area (TPSA) is 85.0 Å². The van der Waals surface area contributed by atoms with Crippen LogP contribution in [0.25, 0.3) is 0 Å². The highest BCUT2D eigenvalue weighted by molar-refractivity contribution is 5.90. The minimum atomic E-state index is -0.551. The molecular weight excluding hydrogens is 198 g/mol. The highest BCUT2D eigenvalue weighted by atomic mass is 16.5. The van der Waals surface area contributed by atoms with Gasteiger partial charge in [-0.25, -0.2) is 4.99 Å². The van der Waals surface area contributed by atoms with Gasteiger partial charge in [-0.05, 0) is 12.8 Å². The summed E-state index contributed by atoms with van der Waals surface area (Å²) in [4.78, 5) is 28.2. The van der Waals surface area contributed by atoms with Gasteiger partial charge in [0.2, 0.25) is 5.91 Å². The molecule has 2 aliphatic rings. The lowest BCUT2D eigenvalue weighted by molar-refractivity contribution is -0.138. The first-order chi connectivity index (χ1) is 7.20. The normalized spacial score (nSPS) is 29.2. The summed E-state index contributed by atoms with van der Waals surface area (Å²) in [6, 6.07) is -1.03. The minimum Gasteiger partial charge on any atom is -0.471 e. The van der Waals surface area contributed by atoms with Crippen LogP contribution in [-0.2, 0) is 14.3 Å². The average Bonchev–Trinajstić information content (AvgIpc) is 2.88. The van der Waals surface area contributed by atoms with Gasteiger partial charge >= 0.3 is 0 Å². The first-order valence-electron chi connectivity index (χ1n) is 4.86. The van der Waals surface area contributed by atoms with E-state index in [9.17, 15) is 9.59 Å². The maximum atomic E-state index is 11.9. The summed E-state index contributed by atoms with van der Waals surface area (Å²) >= 11 is 0. The summed E-state index contributed by atoms with van der Waals surface area (Å²) in [6.07, 6.45) is 3.73. The van der Waals surface area contributed by atoms with Crippen molar-refractivity contribution >= 4 is 18.2 Å². The van der Waals surface area contributed by atoms with E-state index in [0.29, 0.717) is 13.0 Å². The second-order valence-corrected chi connectivity index (χ2v) is 3.64. The molecule has 2 amide bonds. The van der Waals surface area contributed by atoms with Crippen LogP contribution in [0.4, 0.5) is 0 Å². The zero-order valence-electron chi connectivity index (χ0n) is 8.18. The zero-order valence-corrected chi connectivity index (χ0v) is 8.18. The van der Waals surface area contributed by atoms with Gasteiger partial charge in [-0.2, -0.15) is 0 Å². The Bertz CT molecular complexity index is 316. The number of carbonyl (C=O) groups excluding carboxylic acids is 2. The van der Waals surface area contributed by atoms with E-state index in [1.807, 2.05) is 0 Å². The van der Waals surface area contributed by atoms with Gasteiger partial charge in [-0.1, -0.05) is 0 Å². The lowest BCUT2D eigenvalue weighted by atomic mass is 10.2. The maximum absolute atomic E-state index is 11.9. The Morgan fingerprint density at radius 3 is 2.93 bits per heavy atom. The summed E-state index contributed by atoms with van der Waals surface area (Å²) in [6.45, 7) is 0.777. The third kappa shape index (κ3) is 1.79. The van der Waals surface area contributed by atoms with Crippen LogP contribution in [0.15, 0.2) is 4.99 Å². The number of likely N-dealkylation sites (tertiary alicyclic amines) is 1. The molecular formula is C9H12N3O3. The lowest BCUT2D eigenvalue weighted by Crippen LogP contribution is -2.47. The lowest BCUT2D eigenvalue weighted by Gasteiger charge is -2.23. The number of hydrogen-bond donors (Lipinski definition) is 1. The molecule has 2 atom stereocenters. The summed E-state index contributed by atoms with van der Waals surface area (Å²) in [7, 11) is 0. The smallest absolute Gasteiger partial charge is 0.274 e. The number of rotatable bonds is 2. The quantitative estimate of drug-likeness (QED) is 0.619. The van der Waals surface area contributed by atoms with Gasteiger partial charge in [0.15, 0.2) is 6.04 Å².